The summed E-state index contributed by atoms with van der Waals surface area (Å²) in [5, 5.41) is 14.9. The summed E-state index contributed by atoms with van der Waals surface area (Å²) in [6, 6.07) is 7.93. The van der Waals surface area contributed by atoms with Gasteiger partial charge in [0, 0.05) is 25.2 Å². The minimum Gasteiger partial charge on any atom is -0.379 e. The number of benzene rings is 1. The van der Waals surface area contributed by atoms with E-state index in [0.29, 0.717) is 26.3 Å². The topological polar surface area (TPSA) is 116 Å². The predicted molar refractivity (Wildman–Crippen MR) is 68.6 cm³/mol. The van der Waals surface area contributed by atoms with Gasteiger partial charge in [0.2, 0.25) is 0 Å². The molecule has 1 aromatic rings. The van der Waals surface area contributed by atoms with Gasteiger partial charge >= 0.3 is 0 Å². The smallest absolute Gasteiger partial charge is 0.277 e. The third-order valence-corrected chi connectivity index (χ3v) is 3.38. The fourth-order valence-corrected chi connectivity index (χ4v) is 2.01. The third-order valence-electron chi connectivity index (χ3n) is 2.30. The Bertz CT molecular complexity index is 499. The summed E-state index contributed by atoms with van der Waals surface area (Å²) in [7, 11) is -3.47. The van der Waals surface area contributed by atoms with E-state index in [2.05, 4.69) is 0 Å². The highest BCUT2D eigenvalue weighted by Crippen LogP contribution is 2.06. The maximum atomic E-state index is 10.6. The van der Waals surface area contributed by atoms with Gasteiger partial charge in [-0.1, -0.05) is 18.2 Å². The van der Waals surface area contributed by atoms with Gasteiger partial charge < -0.3 is 4.74 Å². The first-order valence-corrected chi connectivity index (χ1v) is 6.96. The zero-order valence-corrected chi connectivity index (χ0v) is 11.0. The molecule has 9 heteroatoms. The Kier molecular flexibility index (Phi) is 5.83. The van der Waals surface area contributed by atoms with Crippen LogP contribution in [0, 0.1) is 10.1 Å². The number of rotatable bonds is 2. The Labute approximate surface area is 111 Å². The first kappa shape index (κ1) is 15.5. The Morgan fingerprint density at radius 1 is 1.21 bits per heavy atom. The van der Waals surface area contributed by atoms with Crippen molar-refractivity contribution in [2.24, 2.45) is 5.14 Å². The summed E-state index contributed by atoms with van der Waals surface area (Å²) in [5.74, 6) is 0. The number of non-ortho nitro benzene ring substituents is 1. The lowest BCUT2D eigenvalue weighted by Crippen LogP contribution is -2.44. The maximum absolute atomic E-state index is 10.6. The van der Waals surface area contributed by atoms with Crippen molar-refractivity contribution in [2.45, 2.75) is 0 Å². The highest BCUT2D eigenvalue weighted by Gasteiger charge is 2.19. The number of nitrogens with zero attached hydrogens (tertiary/aromatic N) is 2. The van der Waals surface area contributed by atoms with Crippen LogP contribution >= 0.6 is 0 Å². The number of nitrogens with two attached hydrogens (primary N) is 1. The Balaban J connectivity index is 0.000000191. The molecule has 1 aliphatic heterocycles. The number of ether oxygens (including phenoxy) is 1. The Morgan fingerprint density at radius 3 is 2.05 bits per heavy atom. The van der Waals surface area contributed by atoms with Crippen LogP contribution in [0.2, 0.25) is 0 Å². The van der Waals surface area contributed by atoms with Gasteiger partial charge in [-0.15, -0.1) is 0 Å². The summed E-state index contributed by atoms with van der Waals surface area (Å²) in [6.07, 6.45) is 0. The van der Waals surface area contributed by atoms with E-state index in [4.69, 9.17) is 9.88 Å². The van der Waals surface area contributed by atoms with Crippen LogP contribution < -0.4 is 5.14 Å². The molecule has 0 aliphatic carbocycles. The molecule has 0 saturated carbocycles. The molecule has 1 fully saturated rings. The molecule has 1 heterocycles. The van der Waals surface area contributed by atoms with E-state index in [9.17, 15) is 18.5 Å². The monoisotopic (exact) mass is 289 g/mol. The van der Waals surface area contributed by atoms with Crippen molar-refractivity contribution >= 4 is 15.9 Å². The lowest BCUT2D eigenvalue weighted by Gasteiger charge is -2.23. The first-order chi connectivity index (χ1) is 8.91. The molecule has 1 aromatic carbocycles. The molecule has 0 unspecified atom stereocenters. The zero-order valence-electron chi connectivity index (χ0n) is 10.1. The number of nitro benzene ring substituents is 1. The van der Waals surface area contributed by atoms with Crippen molar-refractivity contribution in [1.82, 2.24) is 4.31 Å². The van der Waals surface area contributed by atoms with Crippen molar-refractivity contribution in [3.05, 3.63) is 40.4 Å². The quantitative estimate of drug-likeness (QED) is 0.613. The highest BCUT2D eigenvalue weighted by molar-refractivity contribution is 7.86. The minimum atomic E-state index is -3.47. The normalized spacial score (nSPS) is 16.3. The van der Waals surface area contributed by atoms with Crippen LogP contribution in [-0.2, 0) is 14.9 Å². The van der Waals surface area contributed by atoms with E-state index >= 15 is 0 Å². The average Bonchev–Trinajstić information content (AvgIpc) is 2.40. The van der Waals surface area contributed by atoms with E-state index in [0.717, 1.165) is 0 Å². The van der Waals surface area contributed by atoms with Gasteiger partial charge in [0.05, 0.1) is 18.1 Å². The molecule has 1 aliphatic rings. The van der Waals surface area contributed by atoms with Crippen molar-refractivity contribution in [3.8, 4) is 0 Å². The van der Waals surface area contributed by atoms with Crippen LogP contribution in [0.25, 0.3) is 0 Å². The maximum Gasteiger partial charge on any atom is 0.277 e. The fourth-order valence-electron chi connectivity index (χ4n) is 1.35. The van der Waals surface area contributed by atoms with E-state index in [1.165, 1.54) is 16.4 Å². The highest BCUT2D eigenvalue weighted by atomic mass is 32.2. The number of hydrogen-bond donors (Lipinski definition) is 1. The fraction of sp³-hybridized carbons (Fsp3) is 0.400. The molecular formula is C10H15N3O5S. The summed E-state index contributed by atoms with van der Waals surface area (Å²) in [4.78, 5) is 9.59. The Hall–Kier alpha value is -1.55. The summed E-state index contributed by atoms with van der Waals surface area (Å²) in [6.45, 7) is 1.63. The van der Waals surface area contributed by atoms with Crippen LogP contribution in [0.3, 0.4) is 0 Å². The van der Waals surface area contributed by atoms with E-state index in [-0.39, 0.29) is 5.69 Å². The second kappa shape index (κ2) is 7.14. The first-order valence-electron chi connectivity index (χ1n) is 5.46. The van der Waals surface area contributed by atoms with Gasteiger partial charge in [0.1, 0.15) is 0 Å². The van der Waals surface area contributed by atoms with Gasteiger partial charge in [-0.3, -0.25) is 10.1 Å². The minimum absolute atomic E-state index is 0.137. The molecule has 0 spiro atoms. The summed E-state index contributed by atoms with van der Waals surface area (Å²) < 4.78 is 27.4. The van der Waals surface area contributed by atoms with E-state index in [1.54, 1.807) is 18.2 Å². The molecule has 1 saturated heterocycles. The predicted octanol–water partition coefficient (Wildman–Crippen LogP) is 0.117. The molecule has 19 heavy (non-hydrogen) atoms. The molecule has 2 rings (SSSR count). The SMILES string of the molecule is NS(=O)(=O)N1CCOCC1.O=[N+]([O-])c1ccccc1. The van der Waals surface area contributed by atoms with Gasteiger partial charge in [-0.05, 0) is 0 Å². The van der Waals surface area contributed by atoms with Crippen molar-refractivity contribution in [1.29, 1.82) is 0 Å². The zero-order chi connectivity index (χ0) is 14.3. The van der Waals surface area contributed by atoms with E-state index < -0.39 is 15.1 Å². The lowest BCUT2D eigenvalue weighted by atomic mass is 10.3. The van der Waals surface area contributed by atoms with Crippen molar-refractivity contribution < 1.29 is 18.1 Å². The van der Waals surface area contributed by atoms with E-state index in [1.807, 2.05) is 0 Å². The summed E-state index contributed by atoms with van der Waals surface area (Å²) in [5.41, 5.74) is 0.137. The van der Waals surface area contributed by atoms with Gasteiger partial charge in [-0.2, -0.15) is 12.7 Å². The van der Waals surface area contributed by atoms with Gasteiger partial charge in [-0.25, -0.2) is 5.14 Å². The molecule has 0 bridgehead atoms. The number of hydrogen-bond acceptors (Lipinski definition) is 5. The number of para-hydroxylation sites is 1. The summed E-state index contributed by atoms with van der Waals surface area (Å²) >= 11 is 0. The lowest BCUT2D eigenvalue weighted by molar-refractivity contribution is -0.384. The molecule has 0 aromatic heterocycles. The van der Waals surface area contributed by atoms with Crippen LogP contribution in [0.4, 0.5) is 5.69 Å². The number of morpholine rings is 1. The van der Waals surface area contributed by atoms with Crippen LogP contribution in [0.5, 0.6) is 0 Å². The molecule has 2 N–H and O–H groups in total. The van der Waals surface area contributed by atoms with Crippen LogP contribution in [0.15, 0.2) is 30.3 Å². The largest absolute Gasteiger partial charge is 0.379 e. The van der Waals surface area contributed by atoms with Crippen LogP contribution in [-0.4, -0.2) is 43.9 Å². The van der Waals surface area contributed by atoms with Gasteiger partial charge in [0.15, 0.2) is 0 Å². The second-order valence-corrected chi connectivity index (χ2v) is 5.20. The number of nitro groups is 1. The third kappa shape index (κ3) is 5.75. The molecule has 8 nitrogen and oxygen atoms in total. The molecule has 106 valence electrons. The van der Waals surface area contributed by atoms with Gasteiger partial charge in [0.25, 0.3) is 15.9 Å². The molecule has 0 radical (unpaired) electrons. The molecular weight excluding hydrogens is 274 g/mol. The van der Waals surface area contributed by atoms with Crippen molar-refractivity contribution in [3.63, 3.8) is 0 Å². The van der Waals surface area contributed by atoms with Crippen molar-refractivity contribution in [2.75, 3.05) is 26.3 Å². The average molecular weight is 289 g/mol. The Morgan fingerprint density at radius 2 is 1.74 bits per heavy atom. The molecule has 0 amide bonds. The standard InChI is InChI=1S/C6H5NO2.C4H10N2O3S/c8-7(9)6-4-2-1-3-5-6;5-10(7,8)6-1-3-9-4-2-6/h1-5H;1-4H2,(H2,5,7,8). The molecule has 0 atom stereocenters. The van der Waals surface area contributed by atoms with Crippen LogP contribution in [0.1, 0.15) is 0 Å². The second-order valence-electron chi connectivity index (χ2n) is 3.65.